The van der Waals surface area contributed by atoms with Crippen molar-refractivity contribution in [1.29, 1.82) is 0 Å². The van der Waals surface area contributed by atoms with Crippen LogP contribution in [0, 0.1) is 3.70 Å². The quantitative estimate of drug-likeness (QED) is 0.668. The van der Waals surface area contributed by atoms with Crippen molar-refractivity contribution in [2.45, 2.75) is 0 Å². The summed E-state index contributed by atoms with van der Waals surface area (Å²) in [7, 11) is 1.45. The lowest BCUT2D eigenvalue weighted by atomic mass is 10.4. The van der Waals surface area contributed by atoms with Crippen LogP contribution in [0.1, 0.15) is 0 Å². The van der Waals surface area contributed by atoms with E-state index in [4.69, 9.17) is 14.6 Å². The molecule has 0 amide bonds. The number of carboxylic acids is 1. The zero-order valence-electron chi connectivity index (χ0n) is 7.36. The fraction of sp³-hybridized carbons (Fsp3) is 0.250. The van der Waals surface area contributed by atoms with Crippen LogP contribution < -0.4 is 9.47 Å². The van der Waals surface area contributed by atoms with Gasteiger partial charge < -0.3 is 14.6 Å². The van der Waals surface area contributed by atoms with Crippen LogP contribution in [0.15, 0.2) is 12.1 Å². The Morgan fingerprint density at radius 2 is 2.36 bits per heavy atom. The molecule has 0 saturated carbocycles. The second-order valence-electron chi connectivity index (χ2n) is 2.32. The smallest absolute Gasteiger partial charge is 0.341 e. The van der Waals surface area contributed by atoms with E-state index < -0.39 is 12.6 Å². The van der Waals surface area contributed by atoms with Gasteiger partial charge in [-0.3, -0.25) is 0 Å². The summed E-state index contributed by atoms with van der Waals surface area (Å²) in [6.07, 6.45) is 0. The Morgan fingerprint density at radius 3 is 2.93 bits per heavy atom. The first-order valence-electron chi connectivity index (χ1n) is 3.68. The zero-order valence-corrected chi connectivity index (χ0v) is 9.52. The van der Waals surface area contributed by atoms with Crippen LogP contribution in [0.25, 0.3) is 0 Å². The van der Waals surface area contributed by atoms with Gasteiger partial charge in [-0.15, -0.1) is 0 Å². The molecule has 14 heavy (non-hydrogen) atoms. The second kappa shape index (κ2) is 4.99. The molecule has 6 heteroatoms. The molecule has 1 aromatic heterocycles. The van der Waals surface area contributed by atoms with Crippen molar-refractivity contribution in [2.24, 2.45) is 0 Å². The van der Waals surface area contributed by atoms with E-state index in [-0.39, 0.29) is 5.88 Å². The fourth-order valence-corrected chi connectivity index (χ4v) is 1.20. The topological polar surface area (TPSA) is 68.7 Å². The Bertz CT molecular complexity index is 342. The molecule has 0 atom stereocenters. The highest BCUT2D eigenvalue weighted by Gasteiger charge is 2.07. The van der Waals surface area contributed by atoms with Gasteiger partial charge in [0, 0.05) is 0 Å². The van der Waals surface area contributed by atoms with Crippen LogP contribution in [0.2, 0.25) is 0 Å². The fourth-order valence-electron chi connectivity index (χ4n) is 0.801. The molecule has 1 aromatic rings. The normalized spacial score (nSPS) is 9.57. The van der Waals surface area contributed by atoms with Crippen LogP contribution >= 0.6 is 22.6 Å². The van der Waals surface area contributed by atoms with Crippen LogP contribution in [0.4, 0.5) is 0 Å². The Morgan fingerprint density at radius 1 is 1.64 bits per heavy atom. The minimum Gasteiger partial charge on any atom is -0.479 e. The zero-order chi connectivity index (χ0) is 10.6. The van der Waals surface area contributed by atoms with Gasteiger partial charge in [0.1, 0.15) is 3.70 Å². The number of hydrogen-bond donors (Lipinski definition) is 1. The predicted octanol–water partition coefficient (Wildman–Crippen LogP) is 1.16. The molecule has 1 N–H and O–H groups in total. The first-order chi connectivity index (χ1) is 6.63. The van der Waals surface area contributed by atoms with E-state index in [2.05, 4.69) is 4.98 Å². The third-order valence-corrected chi connectivity index (χ3v) is 1.94. The Hall–Kier alpha value is -1.05. The summed E-state index contributed by atoms with van der Waals surface area (Å²) in [5.41, 5.74) is 0. The molecule has 0 fully saturated rings. The van der Waals surface area contributed by atoms with Crippen molar-refractivity contribution in [3.63, 3.8) is 0 Å². The maximum absolute atomic E-state index is 10.3. The predicted molar refractivity (Wildman–Crippen MR) is 56.6 cm³/mol. The van der Waals surface area contributed by atoms with Gasteiger partial charge in [0.05, 0.1) is 7.11 Å². The Kier molecular flexibility index (Phi) is 3.93. The van der Waals surface area contributed by atoms with Crippen molar-refractivity contribution < 1.29 is 19.4 Å². The van der Waals surface area contributed by atoms with E-state index in [1.54, 1.807) is 12.1 Å². The molecule has 76 valence electrons. The van der Waals surface area contributed by atoms with Gasteiger partial charge in [-0.05, 0) is 34.7 Å². The molecule has 0 saturated heterocycles. The van der Waals surface area contributed by atoms with E-state index in [0.29, 0.717) is 5.75 Å². The van der Waals surface area contributed by atoms with Crippen LogP contribution in [-0.4, -0.2) is 29.8 Å². The monoisotopic (exact) mass is 309 g/mol. The molecule has 0 aliphatic rings. The van der Waals surface area contributed by atoms with Crippen LogP contribution in [0.3, 0.4) is 0 Å². The third-order valence-electron chi connectivity index (χ3n) is 1.34. The standard InChI is InChI=1S/C8H8INO4/c1-13-8-5(14-4-7(11)12)2-3-6(9)10-8/h2-3H,4H2,1H3,(H,11,12). The van der Waals surface area contributed by atoms with Gasteiger partial charge in [0.15, 0.2) is 12.4 Å². The molecule has 0 aliphatic carbocycles. The van der Waals surface area contributed by atoms with E-state index >= 15 is 0 Å². The maximum Gasteiger partial charge on any atom is 0.341 e. The molecule has 0 spiro atoms. The first kappa shape index (κ1) is 11.0. The lowest BCUT2D eigenvalue weighted by Crippen LogP contribution is -2.10. The summed E-state index contributed by atoms with van der Waals surface area (Å²) in [6.45, 7) is -0.404. The number of halogens is 1. The molecule has 5 nitrogen and oxygen atoms in total. The Labute approximate surface area is 94.2 Å². The van der Waals surface area contributed by atoms with Crippen LogP contribution in [-0.2, 0) is 4.79 Å². The average molecular weight is 309 g/mol. The molecule has 0 aromatic carbocycles. The number of methoxy groups -OCH3 is 1. The molecular formula is C8H8INO4. The van der Waals surface area contributed by atoms with Gasteiger partial charge >= 0.3 is 5.97 Å². The molecule has 0 unspecified atom stereocenters. The SMILES string of the molecule is COc1nc(I)ccc1OCC(=O)O. The van der Waals surface area contributed by atoms with Crippen LogP contribution in [0.5, 0.6) is 11.6 Å². The molecule has 0 bridgehead atoms. The number of carboxylic acid groups (broad SMARTS) is 1. The number of aliphatic carboxylic acids is 1. The summed E-state index contributed by atoms with van der Waals surface area (Å²) < 4.78 is 10.6. The maximum atomic E-state index is 10.3. The van der Waals surface area contributed by atoms with Crippen molar-refractivity contribution in [3.05, 3.63) is 15.8 Å². The first-order valence-corrected chi connectivity index (χ1v) is 4.76. The lowest BCUT2D eigenvalue weighted by molar-refractivity contribution is -0.139. The number of ether oxygens (including phenoxy) is 2. The van der Waals surface area contributed by atoms with Gasteiger partial charge in [-0.1, -0.05) is 0 Å². The van der Waals surface area contributed by atoms with E-state index in [0.717, 1.165) is 3.70 Å². The van der Waals surface area contributed by atoms with Gasteiger partial charge in [-0.2, -0.15) is 0 Å². The van der Waals surface area contributed by atoms with Crippen molar-refractivity contribution in [3.8, 4) is 11.6 Å². The number of hydrogen-bond acceptors (Lipinski definition) is 4. The minimum absolute atomic E-state index is 0.290. The summed E-state index contributed by atoms with van der Waals surface area (Å²) >= 11 is 2.02. The Balaban J connectivity index is 2.80. The van der Waals surface area contributed by atoms with E-state index in [1.165, 1.54) is 7.11 Å². The van der Waals surface area contributed by atoms with Gasteiger partial charge in [0.2, 0.25) is 0 Å². The lowest BCUT2D eigenvalue weighted by Gasteiger charge is -2.07. The number of carbonyl (C=O) groups is 1. The second-order valence-corrected chi connectivity index (χ2v) is 3.43. The summed E-state index contributed by atoms with van der Waals surface area (Å²) in [5.74, 6) is -0.418. The van der Waals surface area contributed by atoms with Crippen molar-refractivity contribution >= 4 is 28.6 Å². The number of rotatable bonds is 4. The minimum atomic E-state index is -1.04. The van der Waals surface area contributed by atoms with E-state index in [9.17, 15) is 4.79 Å². The van der Waals surface area contributed by atoms with Gasteiger partial charge in [0.25, 0.3) is 5.88 Å². The largest absolute Gasteiger partial charge is 0.479 e. The molecule has 0 aliphatic heterocycles. The number of nitrogens with zero attached hydrogens (tertiary/aromatic N) is 1. The summed E-state index contributed by atoms with van der Waals surface area (Å²) in [4.78, 5) is 14.3. The highest BCUT2D eigenvalue weighted by atomic mass is 127. The highest BCUT2D eigenvalue weighted by Crippen LogP contribution is 2.24. The summed E-state index contributed by atoms with van der Waals surface area (Å²) in [6, 6.07) is 3.33. The van der Waals surface area contributed by atoms with Crippen molar-refractivity contribution in [1.82, 2.24) is 4.98 Å². The van der Waals surface area contributed by atoms with E-state index in [1.807, 2.05) is 22.6 Å². The molecule has 0 radical (unpaired) electrons. The third kappa shape index (κ3) is 3.02. The average Bonchev–Trinajstić information content (AvgIpc) is 2.15. The summed E-state index contributed by atoms with van der Waals surface area (Å²) in [5, 5.41) is 8.41. The molecule has 1 heterocycles. The number of aromatic nitrogens is 1. The number of pyridine rings is 1. The van der Waals surface area contributed by atoms with Gasteiger partial charge in [-0.25, -0.2) is 9.78 Å². The highest BCUT2D eigenvalue weighted by molar-refractivity contribution is 14.1. The van der Waals surface area contributed by atoms with Crippen molar-refractivity contribution in [2.75, 3.05) is 13.7 Å². The molecule has 1 rings (SSSR count). The molecular weight excluding hydrogens is 301 g/mol.